The molecule has 3 aliphatic rings. The first kappa shape index (κ1) is 16.8. The number of nitrogens with zero attached hydrogens (tertiary/aromatic N) is 1. The number of hydrogen-bond donors (Lipinski definition) is 0. The van der Waals surface area contributed by atoms with Gasteiger partial charge in [-0.05, 0) is 43.5 Å². The highest BCUT2D eigenvalue weighted by atomic mass is 16.7. The van der Waals surface area contributed by atoms with Gasteiger partial charge in [-0.15, -0.1) is 0 Å². The molecule has 5 nitrogen and oxygen atoms in total. The lowest BCUT2D eigenvalue weighted by molar-refractivity contribution is -0.0768. The number of rotatable bonds is 3. The molecule has 2 aromatic rings. The molecule has 0 bridgehead atoms. The summed E-state index contributed by atoms with van der Waals surface area (Å²) < 4.78 is 23.2. The molecule has 3 heterocycles. The van der Waals surface area contributed by atoms with Gasteiger partial charge in [0.15, 0.2) is 17.2 Å². The number of hydrogen-bond acceptors (Lipinski definition) is 5. The minimum atomic E-state index is -0.318. The molecular formula is C22H25NO4. The second-order valence-corrected chi connectivity index (χ2v) is 7.74. The molecule has 0 aromatic heterocycles. The van der Waals surface area contributed by atoms with E-state index in [1.54, 1.807) is 7.11 Å². The molecule has 0 unspecified atom stereocenters. The number of fused-ring (bicyclic) bond motifs is 2. The van der Waals surface area contributed by atoms with E-state index in [0.29, 0.717) is 0 Å². The van der Waals surface area contributed by atoms with Crippen molar-refractivity contribution in [2.45, 2.75) is 37.8 Å². The van der Waals surface area contributed by atoms with Crippen molar-refractivity contribution in [1.29, 1.82) is 0 Å². The summed E-state index contributed by atoms with van der Waals surface area (Å²) in [4.78, 5) is 2.48. The van der Waals surface area contributed by atoms with E-state index in [9.17, 15) is 0 Å². The van der Waals surface area contributed by atoms with Crippen LogP contribution in [0.15, 0.2) is 36.4 Å². The Morgan fingerprint density at radius 2 is 1.70 bits per heavy atom. The van der Waals surface area contributed by atoms with E-state index < -0.39 is 0 Å². The SMILES string of the molecule is COc1ccc([C@@H]2C[C@@](C)(N3CCCC3)Oc3cc4c(cc32)OCO4)cc1. The summed E-state index contributed by atoms with van der Waals surface area (Å²) in [5.74, 6) is 3.59. The average molecular weight is 367 g/mol. The van der Waals surface area contributed by atoms with Crippen LogP contribution in [0.3, 0.4) is 0 Å². The smallest absolute Gasteiger partial charge is 0.231 e. The van der Waals surface area contributed by atoms with Gasteiger partial charge in [0.25, 0.3) is 0 Å². The monoisotopic (exact) mass is 367 g/mol. The summed E-state index contributed by atoms with van der Waals surface area (Å²) >= 11 is 0. The van der Waals surface area contributed by atoms with Gasteiger partial charge in [-0.2, -0.15) is 0 Å². The first-order valence-electron chi connectivity index (χ1n) is 9.68. The Morgan fingerprint density at radius 1 is 1.00 bits per heavy atom. The molecule has 0 radical (unpaired) electrons. The van der Waals surface area contributed by atoms with Crippen molar-refractivity contribution in [2.75, 3.05) is 27.0 Å². The molecule has 0 saturated carbocycles. The van der Waals surface area contributed by atoms with E-state index in [-0.39, 0.29) is 18.4 Å². The molecule has 0 spiro atoms. The van der Waals surface area contributed by atoms with Gasteiger partial charge in [0, 0.05) is 37.1 Å². The van der Waals surface area contributed by atoms with Gasteiger partial charge in [0.1, 0.15) is 11.5 Å². The maximum absolute atomic E-state index is 6.59. The zero-order valence-electron chi connectivity index (χ0n) is 15.9. The van der Waals surface area contributed by atoms with Gasteiger partial charge in [0.2, 0.25) is 6.79 Å². The maximum Gasteiger partial charge on any atom is 0.231 e. The van der Waals surface area contributed by atoms with Gasteiger partial charge in [0.05, 0.1) is 7.11 Å². The van der Waals surface area contributed by atoms with Crippen LogP contribution in [0.25, 0.3) is 0 Å². The first-order chi connectivity index (χ1) is 13.2. The second-order valence-electron chi connectivity index (χ2n) is 7.74. The summed E-state index contributed by atoms with van der Waals surface area (Å²) in [6.45, 7) is 4.68. The standard InChI is InChI=1S/C22H25NO4/c1-22(23-9-3-4-10-23)13-18(15-5-7-16(24-2)8-6-15)17-11-20-21(26-14-25-20)12-19(17)27-22/h5-8,11-12,18H,3-4,9-10,13-14H2,1-2H3/t18-,22-/m0/s1. The number of likely N-dealkylation sites (tertiary alicyclic amines) is 1. The molecule has 0 amide bonds. The lowest BCUT2D eigenvalue weighted by atomic mass is 9.81. The molecule has 5 rings (SSSR count). The van der Waals surface area contributed by atoms with Crippen molar-refractivity contribution in [1.82, 2.24) is 4.90 Å². The number of benzene rings is 2. The highest BCUT2D eigenvalue weighted by molar-refractivity contribution is 5.56. The molecule has 2 aromatic carbocycles. The minimum absolute atomic E-state index is 0.236. The molecule has 3 aliphatic heterocycles. The van der Waals surface area contributed by atoms with Crippen LogP contribution in [0.5, 0.6) is 23.0 Å². The third-order valence-electron chi connectivity index (χ3n) is 6.09. The quantitative estimate of drug-likeness (QED) is 0.815. The summed E-state index contributed by atoms with van der Waals surface area (Å²) in [6.07, 6.45) is 3.38. The van der Waals surface area contributed by atoms with Crippen LogP contribution >= 0.6 is 0 Å². The van der Waals surface area contributed by atoms with Crippen LogP contribution in [0.4, 0.5) is 0 Å². The largest absolute Gasteiger partial charge is 0.497 e. The van der Waals surface area contributed by atoms with Crippen molar-refractivity contribution >= 4 is 0 Å². The molecule has 5 heteroatoms. The molecule has 1 saturated heterocycles. The molecule has 0 N–H and O–H groups in total. The Labute approximate surface area is 159 Å². The van der Waals surface area contributed by atoms with Gasteiger partial charge >= 0.3 is 0 Å². The Balaban J connectivity index is 1.59. The summed E-state index contributed by atoms with van der Waals surface area (Å²) in [5, 5.41) is 0. The van der Waals surface area contributed by atoms with Gasteiger partial charge in [-0.3, -0.25) is 4.90 Å². The fourth-order valence-electron chi connectivity index (χ4n) is 4.58. The Morgan fingerprint density at radius 3 is 2.41 bits per heavy atom. The molecular weight excluding hydrogens is 342 g/mol. The van der Waals surface area contributed by atoms with E-state index in [4.69, 9.17) is 18.9 Å². The molecule has 142 valence electrons. The maximum atomic E-state index is 6.59. The molecule has 0 aliphatic carbocycles. The lowest BCUT2D eigenvalue weighted by Crippen LogP contribution is -2.52. The predicted molar refractivity (Wildman–Crippen MR) is 102 cm³/mol. The molecule has 27 heavy (non-hydrogen) atoms. The molecule has 2 atom stereocenters. The van der Waals surface area contributed by atoms with E-state index in [0.717, 1.165) is 42.5 Å². The number of ether oxygens (including phenoxy) is 4. The van der Waals surface area contributed by atoms with Crippen LogP contribution in [-0.4, -0.2) is 37.6 Å². The fourth-order valence-corrected chi connectivity index (χ4v) is 4.58. The predicted octanol–water partition coefficient (Wildman–Crippen LogP) is 4.15. The highest BCUT2D eigenvalue weighted by Crippen LogP contribution is 2.50. The van der Waals surface area contributed by atoms with Gasteiger partial charge in [-0.1, -0.05) is 12.1 Å². The summed E-state index contributed by atoms with van der Waals surface area (Å²) in [5.41, 5.74) is 2.12. The first-order valence-corrected chi connectivity index (χ1v) is 9.68. The third-order valence-corrected chi connectivity index (χ3v) is 6.09. The zero-order chi connectivity index (χ0) is 18.4. The van der Waals surface area contributed by atoms with Crippen molar-refractivity contribution < 1.29 is 18.9 Å². The van der Waals surface area contributed by atoms with Gasteiger partial charge < -0.3 is 18.9 Å². The molecule has 1 fully saturated rings. The van der Waals surface area contributed by atoms with Crippen LogP contribution < -0.4 is 18.9 Å². The Bertz CT molecular complexity index is 844. The van der Waals surface area contributed by atoms with Crippen molar-refractivity contribution in [2.24, 2.45) is 0 Å². The Kier molecular flexibility index (Phi) is 3.93. The second kappa shape index (κ2) is 6.34. The topological polar surface area (TPSA) is 40.2 Å². The van der Waals surface area contributed by atoms with E-state index in [2.05, 4.69) is 30.0 Å². The van der Waals surface area contributed by atoms with Crippen LogP contribution in [-0.2, 0) is 0 Å². The number of methoxy groups -OCH3 is 1. The van der Waals surface area contributed by atoms with E-state index in [1.807, 2.05) is 18.2 Å². The van der Waals surface area contributed by atoms with Crippen molar-refractivity contribution in [3.63, 3.8) is 0 Å². The lowest BCUT2D eigenvalue weighted by Gasteiger charge is -2.45. The average Bonchev–Trinajstić information content (AvgIpc) is 3.38. The minimum Gasteiger partial charge on any atom is -0.497 e. The van der Waals surface area contributed by atoms with Crippen LogP contribution in [0.1, 0.15) is 43.2 Å². The van der Waals surface area contributed by atoms with Crippen LogP contribution in [0, 0.1) is 0 Å². The Hall–Kier alpha value is -2.40. The zero-order valence-corrected chi connectivity index (χ0v) is 15.9. The van der Waals surface area contributed by atoms with Gasteiger partial charge in [-0.25, -0.2) is 0 Å². The summed E-state index contributed by atoms with van der Waals surface area (Å²) in [6, 6.07) is 12.5. The normalized spacial score (nSPS) is 26.5. The van der Waals surface area contributed by atoms with E-state index >= 15 is 0 Å². The van der Waals surface area contributed by atoms with Crippen LogP contribution in [0.2, 0.25) is 0 Å². The summed E-state index contributed by atoms with van der Waals surface area (Å²) in [7, 11) is 1.70. The van der Waals surface area contributed by atoms with E-state index in [1.165, 1.54) is 24.0 Å². The highest BCUT2D eigenvalue weighted by Gasteiger charge is 2.44. The third kappa shape index (κ3) is 2.81. The fraction of sp³-hybridized carbons (Fsp3) is 0.455. The van der Waals surface area contributed by atoms with Crippen molar-refractivity contribution in [3.8, 4) is 23.0 Å². The van der Waals surface area contributed by atoms with Crippen molar-refractivity contribution in [3.05, 3.63) is 47.5 Å².